The number of fused-ring (bicyclic) bond motifs is 1. The van der Waals surface area contributed by atoms with E-state index in [4.69, 9.17) is 5.73 Å². The van der Waals surface area contributed by atoms with E-state index in [1.165, 1.54) is 0 Å². The molecule has 3 N–H and O–H groups in total. The lowest BCUT2D eigenvalue weighted by Crippen LogP contribution is -1.92. The molecule has 0 aliphatic rings. The van der Waals surface area contributed by atoms with Crippen molar-refractivity contribution in [2.24, 2.45) is 0 Å². The minimum atomic E-state index is 0.458. The van der Waals surface area contributed by atoms with Crippen LogP contribution in [0.3, 0.4) is 0 Å². The molecular formula is C9H7N5S. The summed E-state index contributed by atoms with van der Waals surface area (Å²) in [5, 5.41) is 2.84. The average Bonchev–Trinajstić information content (AvgIpc) is 2.86. The van der Waals surface area contributed by atoms with Crippen molar-refractivity contribution in [2.45, 2.75) is 0 Å². The van der Waals surface area contributed by atoms with E-state index < -0.39 is 0 Å². The lowest BCUT2D eigenvalue weighted by Gasteiger charge is -1.99. The highest BCUT2D eigenvalue weighted by Crippen LogP contribution is 2.28. The molecule has 3 aromatic rings. The Bertz CT molecular complexity index is 598. The Hall–Kier alpha value is -1.95. The van der Waals surface area contributed by atoms with E-state index in [0.717, 1.165) is 16.1 Å². The minimum absolute atomic E-state index is 0.458. The third-order valence-corrected chi connectivity index (χ3v) is 2.88. The van der Waals surface area contributed by atoms with Gasteiger partial charge in [-0.05, 0) is 6.07 Å². The molecule has 3 aromatic heterocycles. The van der Waals surface area contributed by atoms with Gasteiger partial charge in [-0.3, -0.25) is 0 Å². The number of anilines is 1. The smallest absolute Gasteiger partial charge is 0.180 e. The van der Waals surface area contributed by atoms with Crippen LogP contribution in [0.2, 0.25) is 0 Å². The standard InChI is InChI=1S/C9H7N5S/c10-6-3-5(9-11-1-2-15-9)7-8(14-6)13-4-12-7/h1-4H,(H3,10,12,13,14). The zero-order chi connectivity index (χ0) is 10.3. The van der Waals surface area contributed by atoms with Crippen molar-refractivity contribution in [3.8, 4) is 10.6 Å². The molecule has 0 aliphatic carbocycles. The molecule has 0 fully saturated rings. The van der Waals surface area contributed by atoms with Crippen LogP contribution in [0, 0.1) is 0 Å². The molecule has 0 aliphatic heterocycles. The summed E-state index contributed by atoms with van der Waals surface area (Å²) in [6.45, 7) is 0. The number of nitrogens with one attached hydrogen (secondary N) is 1. The number of aromatic amines is 1. The molecule has 6 heteroatoms. The van der Waals surface area contributed by atoms with Crippen LogP contribution in [-0.2, 0) is 0 Å². The van der Waals surface area contributed by atoms with Crippen molar-refractivity contribution in [2.75, 3.05) is 5.73 Å². The van der Waals surface area contributed by atoms with Crippen LogP contribution >= 0.6 is 11.3 Å². The van der Waals surface area contributed by atoms with Gasteiger partial charge < -0.3 is 10.7 Å². The van der Waals surface area contributed by atoms with Crippen LogP contribution in [-0.4, -0.2) is 19.9 Å². The zero-order valence-electron chi connectivity index (χ0n) is 7.64. The number of nitrogens with two attached hydrogens (primary N) is 1. The molecule has 0 bridgehead atoms. The van der Waals surface area contributed by atoms with Gasteiger partial charge in [0.25, 0.3) is 0 Å². The van der Waals surface area contributed by atoms with Gasteiger partial charge in [0.15, 0.2) is 5.65 Å². The van der Waals surface area contributed by atoms with Crippen molar-refractivity contribution in [3.63, 3.8) is 0 Å². The van der Waals surface area contributed by atoms with Crippen LogP contribution in [0.15, 0.2) is 24.0 Å². The van der Waals surface area contributed by atoms with Gasteiger partial charge in [0.2, 0.25) is 0 Å². The number of imidazole rings is 1. The Morgan fingerprint density at radius 1 is 1.33 bits per heavy atom. The SMILES string of the molecule is Nc1cc(-c2nccs2)c2[nH]cnc2n1. The van der Waals surface area contributed by atoms with Crippen molar-refractivity contribution in [1.29, 1.82) is 0 Å². The van der Waals surface area contributed by atoms with E-state index in [1.807, 2.05) is 5.38 Å². The third-order valence-electron chi connectivity index (χ3n) is 2.08. The van der Waals surface area contributed by atoms with E-state index in [1.54, 1.807) is 29.9 Å². The molecular weight excluding hydrogens is 210 g/mol. The fraction of sp³-hybridized carbons (Fsp3) is 0. The molecule has 0 unspecified atom stereocenters. The van der Waals surface area contributed by atoms with Gasteiger partial charge in [0.1, 0.15) is 10.8 Å². The zero-order valence-corrected chi connectivity index (χ0v) is 8.45. The Morgan fingerprint density at radius 3 is 3.07 bits per heavy atom. The number of hydrogen-bond acceptors (Lipinski definition) is 5. The van der Waals surface area contributed by atoms with Crippen molar-refractivity contribution in [3.05, 3.63) is 24.0 Å². The Balaban J connectivity index is 2.38. The van der Waals surface area contributed by atoms with Gasteiger partial charge >= 0.3 is 0 Å². The number of pyridine rings is 1. The van der Waals surface area contributed by atoms with Crippen LogP contribution < -0.4 is 5.73 Å². The monoisotopic (exact) mass is 217 g/mol. The molecule has 0 radical (unpaired) electrons. The van der Waals surface area contributed by atoms with Crippen molar-refractivity contribution >= 4 is 28.3 Å². The molecule has 5 nitrogen and oxygen atoms in total. The number of thiazole rings is 1. The molecule has 74 valence electrons. The van der Waals surface area contributed by atoms with Gasteiger partial charge in [-0.15, -0.1) is 11.3 Å². The first-order valence-corrected chi connectivity index (χ1v) is 5.22. The summed E-state index contributed by atoms with van der Waals surface area (Å²) in [5.74, 6) is 0.458. The molecule has 0 atom stereocenters. The second kappa shape index (κ2) is 3.03. The Kier molecular flexibility index (Phi) is 1.69. The summed E-state index contributed by atoms with van der Waals surface area (Å²) in [6, 6.07) is 1.80. The second-order valence-electron chi connectivity index (χ2n) is 3.03. The fourth-order valence-corrected chi connectivity index (χ4v) is 2.13. The maximum atomic E-state index is 5.70. The number of aromatic nitrogens is 4. The van der Waals surface area contributed by atoms with Gasteiger partial charge in [-0.1, -0.05) is 0 Å². The predicted molar refractivity (Wildman–Crippen MR) is 59.4 cm³/mol. The summed E-state index contributed by atoms with van der Waals surface area (Å²) in [7, 11) is 0. The second-order valence-corrected chi connectivity index (χ2v) is 3.93. The van der Waals surface area contributed by atoms with Gasteiger partial charge in [-0.25, -0.2) is 15.0 Å². The van der Waals surface area contributed by atoms with Crippen molar-refractivity contribution < 1.29 is 0 Å². The molecule has 15 heavy (non-hydrogen) atoms. The van der Waals surface area contributed by atoms with Crippen LogP contribution in [0.4, 0.5) is 5.82 Å². The summed E-state index contributed by atoms with van der Waals surface area (Å²) in [4.78, 5) is 15.5. The minimum Gasteiger partial charge on any atom is -0.384 e. The van der Waals surface area contributed by atoms with Crippen LogP contribution in [0.1, 0.15) is 0 Å². The summed E-state index contributed by atoms with van der Waals surface area (Å²) >= 11 is 1.56. The highest BCUT2D eigenvalue weighted by atomic mass is 32.1. The highest BCUT2D eigenvalue weighted by Gasteiger charge is 2.10. The van der Waals surface area contributed by atoms with Crippen LogP contribution in [0.25, 0.3) is 21.7 Å². The number of rotatable bonds is 1. The first-order chi connectivity index (χ1) is 7.34. The Morgan fingerprint density at radius 2 is 2.27 bits per heavy atom. The number of hydrogen-bond donors (Lipinski definition) is 2. The quantitative estimate of drug-likeness (QED) is 0.649. The fourth-order valence-electron chi connectivity index (χ4n) is 1.47. The first-order valence-electron chi connectivity index (χ1n) is 4.34. The molecule has 0 spiro atoms. The van der Waals surface area contributed by atoms with Gasteiger partial charge in [0, 0.05) is 17.1 Å². The topological polar surface area (TPSA) is 80.5 Å². The number of nitrogen functional groups attached to an aromatic ring is 1. The highest BCUT2D eigenvalue weighted by molar-refractivity contribution is 7.13. The first kappa shape index (κ1) is 8.37. The Labute approximate surface area is 89.0 Å². The molecule has 0 amide bonds. The molecule has 3 rings (SSSR count). The lowest BCUT2D eigenvalue weighted by molar-refractivity contribution is 1.31. The van der Waals surface area contributed by atoms with E-state index in [-0.39, 0.29) is 0 Å². The number of H-pyrrole nitrogens is 1. The normalized spacial score (nSPS) is 10.9. The maximum absolute atomic E-state index is 5.70. The van der Waals surface area contributed by atoms with E-state index >= 15 is 0 Å². The van der Waals surface area contributed by atoms with Gasteiger partial charge in [-0.2, -0.15) is 0 Å². The largest absolute Gasteiger partial charge is 0.384 e. The summed E-state index contributed by atoms with van der Waals surface area (Å²) in [6.07, 6.45) is 3.37. The van der Waals surface area contributed by atoms with E-state index in [9.17, 15) is 0 Å². The van der Waals surface area contributed by atoms with Crippen LogP contribution in [0.5, 0.6) is 0 Å². The van der Waals surface area contributed by atoms with Crippen molar-refractivity contribution in [1.82, 2.24) is 19.9 Å². The third kappa shape index (κ3) is 1.26. The maximum Gasteiger partial charge on any atom is 0.180 e. The van der Waals surface area contributed by atoms with Gasteiger partial charge in [0.05, 0.1) is 11.8 Å². The summed E-state index contributed by atoms with van der Waals surface area (Å²) in [5.41, 5.74) is 8.15. The number of nitrogens with zero attached hydrogens (tertiary/aromatic N) is 3. The predicted octanol–water partition coefficient (Wildman–Crippen LogP) is 1.66. The van der Waals surface area contributed by atoms with E-state index in [2.05, 4.69) is 19.9 Å². The molecule has 0 aromatic carbocycles. The molecule has 0 saturated carbocycles. The molecule has 3 heterocycles. The average molecular weight is 217 g/mol. The molecule has 0 saturated heterocycles. The summed E-state index contributed by atoms with van der Waals surface area (Å²) < 4.78 is 0. The van der Waals surface area contributed by atoms with E-state index in [0.29, 0.717) is 11.5 Å². The lowest BCUT2D eigenvalue weighted by atomic mass is 10.2.